The molecule has 1 aromatic rings. The highest BCUT2D eigenvalue weighted by atomic mass is 31.2. The molecule has 0 spiro atoms. The molecule has 20 heavy (non-hydrogen) atoms. The predicted octanol–water partition coefficient (Wildman–Crippen LogP) is 3.04. The summed E-state index contributed by atoms with van der Waals surface area (Å²) >= 11 is 0. The molecule has 1 aromatic carbocycles. The lowest BCUT2D eigenvalue weighted by atomic mass is 10.0. The topological polar surface area (TPSA) is 63.6 Å². The number of Topliss-reactive ketones (excluding diaryl/α,β-unsaturated/α-hetero) is 1. The lowest BCUT2D eigenvalue weighted by Gasteiger charge is -2.13. The Morgan fingerprint density at radius 2 is 1.95 bits per heavy atom. The lowest BCUT2D eigenvalue weighted by Crippen LogP contribution is -2.15. The zero-order chi connectivity index (χ0) is 15.4. The Hall–Kier alpha value is -1.17. The maximum Gasteiger partial charge on any atom is 0.416 e. The molecule has 0 amide bonds. The summed E-state index contributed by atoms with van der Waals surface area (Å²) in [6.07, 6.45) is -5.93. The summed E-state index contributed by atoms with van der Waals surface area (Å²) in [5, 5.41) is 0. The lowest BCUT2D eigenvalue weighted by molar-refractivity contribution is -0.138. The second-order valence-corrected chi connectivity index (χ2v) is 5.93. The van der Waals surface area contributed by atoms with E-state index < -0.39 is 37.7 Å². The molecule has 8 heteroatoms. The van der Waals surface area contributed by atoms with Crippen LogP contribution in [0.4, 0.5) is 13.2 Å². The third kappa shape index (κ3) is 5.07. The third-order valence-electron chi connectivity index (χ3n) is 2.42. The molecule has 112 valence electrons. The number of hydrogen-bond donors (Lipinski definition) is 1. The second-order valence-electron chi connectivity index (χ2n) is 4.08. The van der Waals surface area contributed by atoms with Crippen LogP contribution >= 0.6 is 7.60 Å². The molecule has 0 aliphatic rings. The highest BCUT2D eigenvalue weighted by molar-refractivity contribution is 7.53. The zero-order valence-corrected chi connectivity index (χ0v) is 11.6. The average Bonchev–Trinajstić information content (AvgIpc) is 2.26. The number of ketones is 1. The maximum absolute atomic E-state index is 12.7. The van der Waals surface area contributed by atoms with Crippen molar-refractivity contribution in [1.29, 1.82) is 0 Å². The largest absolute Gasteiger partial charge is 0.416 e. The number of carbonyl (C=O) groups is 1. The Labute approximate surface area is 114 Å². The zero-order valence-electron chi connectivity index (χ0n) is 10.7. The molecule has 0 heterocycles. The van der Waals surface area contributed by atoms with Crippen molar-refractivity contribution < 1.29 is 31.9 Å². The van der Waals surface area contributed by atoms with Crippen LogP contribution in [0.5, 0.6) is 0 Å². The van der Waals surface area contributed by atoms with Crippen molar-refractivity contribution in [3.8, 4) is 0 Å². The Kier molecular flexibility index (Phi) is 5.50. The molecule has 1 atom stereocenters. The Balaban J connectivity index is 2.85. The molecule has 0 aliphatic heterocycles. The van der Waals surface area contributed by atoms with Gasteiger partial charge in [0.1, 0.15) is 11.9 Å². The van der Waals surface area contributed by atoms with Crippen molar-refractivity contribution in [1.82, 2.24) is 0 Å². The van der Waals surface area contributed by atoms with Crippen LogP contribution < -0.4 is 0 Å². The van der Waals surface area contributed by atoms with Gasteiger partial charge >= 0.3 is 13.8 Å². The number of rotatable bonds is 6. The summed E-state index contributed by atoms with van der Waals surface area (Å²) in [6, 6.07) is 4.63. The molecule has 4 nitrogen and oxygen atoms in total. The fourth-order valence-corrected chi connectivity index (χ4v) is 2.74. The van der Waals surface area contributed by atoms with E-state index in [9.17, 15) is 27.4 Å². The van der Waals surface area contributed by atoms with Crippen molar-refractivity contribution in [2.45, 2.75) is 19.5 Å². The van der Waals surface area contributed by atoms with Gasteiger partial charge in [0, 0.05) is 6.42 Å². The summed E-state index contributed by atoms with van der Waals surface area (Å²) in [7, 11) is -4.07. The minimum absolute atomic E-state index is 0.0554. The van der Waals surface area contributed by atoms with Gasteiger partial charge in [0.2, 0.25) is 0 Å². The van der Waals surface area contributed by atoms with Gasteiger partial charge in [-0.3, -0.25) is 9.36 Å². The van der Waals surface area contributed by atoms with Crippen molar-refractivity contribution in [3.05, 3.63) is 35.4 Å². The maximum atomic E-state index is 12.7. The van der Waals surface area contributed by atoms with E-state index >= 15 is 0 Å². The minimum Gasteiger partial charge on any atom is -0.324 e. The van der Waals surface area contributed by atoms with Crippen LogP contribution in [0.1, 0.15) is 18.1 Å². The summed E-state index contributed by atoms with van der Waals surface area (Å²) < 4.78 is 54.0. The molecule has 0 aliphatic carbocycles. The smallest absolute Gasteiger partial charge is 0.324 e. The molecule has 0 saturated carbocycles. The summed E-state index contributed by atoms with van der Waals surface area (Å²) in [5.41, 5.74) is -1.14. The van der Waals surface area contributed by atoms with Gasteiger partial charge in [0.25, 0.3) is 0 Å². The third-order valence-corrected chi connectivity index (χ3v) is 3.83. The average molecular weight is 310 g/mol. The molecule has 0 aromatic heterocycles. The summed E-state index contributed by atoms with van der Waals surface area (Å²) in [6.45, 7) is 1.42. The van der Waals surface area contributed by atoms with E-state index in [0.717, 1.165) is 6.07 Å². The van der Waals surface area contributed by atoms with E-state index in [0.29, 0.717) is 0 Å². The normalized spacial score (nSPS) is 14.8. The Morgan fingerprint density at radius 3 is 2.50 bits per heavy atom. The fraction of sp³-hybridized carbons (Fsp3) is 0.417. The van der Waals surface area contributed by atoms with Crippen LogP contribution in [-0.2, 0) is 26.5 Å². The van der Waals surface area contributed by atoms with Crippen molar-refractivity contribution in [2.24, 2.45) is 0 Å². The van der Waals surface area contributed by atoms with Crippen LogP contribution in [0.25, 0.3) is 0 Å². The fourth-order valence-electron chi connectivity index (χ4n) is 1.69. The van der Waals surface area contributed by atoms with E-state index in [1.807, 2.05) is 0 Å². The van der Waals surface area contributed by atoms with Crippen molar-refractivity contribution in [2.75, 3.05) is 12.8 Å². The highest BCUT2D eigenvalue weighted by Crippen LogP contribution is 2.41. The van der Waals surface area contributed by atoms with Gasteiger partial charge in [-0.15, -0.1) is 0 Å². The molecular weight excluding hydrogens is 296 g/mol. The monoisotopic (exact) mass is 310 g/mol. The van der Waals surface area contributed by atoms with Gasteiger partial charge in [-0.1, -0.05) is 18.2 Å². The van der Waals surface area contributed by atoms with Gasteiger partial charge in [-0.2, -0.15) is 13.2 Å². The Morgan fingerprint density at radius 1 is 1.35 bits per heavy atom. The summed E-state index contributed by atoms with van der Waals surface area (Å²) in [5.74, 6) is -0.777. The Bertz CT molecular complexity index is 528. The second kappa shape index (κ2) is 6.52. The first-order valence-electron chi connectivity index (χ1n) is 5.79. The first-order valence-corrected chi connectivity index (χ1v) is 7.55. The van der Waals surface area contributed by atoms with E-state index in [2.05, 4.69) is 4.52 Å². The van der Waals surface area contributed by atoms with Crippen LogP contribution in [-0.4, -0.2) is 23.4 Å². The minimum atomic E-state index is -4.57. The van der Waals surface area contributed by atoms with Gasteiger partial charge < -0.3 is 9.42 Å². The molecule has 1 N–H and O–H groups in total. The number of benzene rings is 1. The molecule has 0 saturated heterocycles. The standard InChI is InChI=1S/C12H14F3O4P/c1-2-19-20(17,18)8-10(16)7-9-5-3-4-6-11(9)12(13,14)15/h3-6H,2,7-8H2,1H3,(H,17,18). The highest BCUT2D eigenvalue weighted by Gasteiger charge is 2.34. The molecule has 1 unspecified atom stereocenters. The SMILES string of the molecule is CCOP(=O)(O)CC(=O)Cc1ccccc1C(F)(F)F. The van der Waals surface area contributed by atoms with E-state index in [1.54, 1.807) is 0 Å². The number of alkyl halides is 3. The quantitative estimate of drug-likeness (QED) is 0.820. The van der Waals surface area contributed by atoms with Gasteiger partial charge in [-0.05, 0) is 18.6 Å². The van der Waals surface area contributed by atoms with E-state index in [-0.39, 0.29) is 12.2 Å². The van der Waals surface area contributed by atoms with Crippen LogP contribution in [0.15, 0.2) is 24.3 Å². The first kappa shape index (κ1) is 16.9. The van der Waals surface area contributed by atoms with Crippen LogP contribution in [0, 0.1) is 0 Å². The molecule has 1 rings (SSSR count). The summed E-state index contributed by atoms with van der Waals surface area (Å²) in [4.78, 5) is 20.9. The van der Waals surface area contributed by atoms with Crippen LogP contribution in [0.2, 0.25) is 0 Å². The van der Waals surface area contributed by atoms with E-state index in [4.69, 9.17) is 0 Å². The molecule has 0 radical (unpaired) electrons. The molecular formula is C12H14F3O4P. The van der Waals surface area contributed by atoms with Crippen molar-refractivity contribution >= 4 is 13.4 Å². The van der Waals surface area contributed by atoms with Gasteiger partial charge in [0.05, 0.1) is 12.2 Å². The van der Waals surface area contributed by atoms with Crippen LogP contribution in [0.3, 0.4) is 0 Å². The first-order chi connectivity index (χ1) is 9.15. The van der Waals surface area contributed by atoms with E-state index in [1.165, 1.54) is 25.1 Å². The number of hydrogen-bond acceptors (Lipinski definition) is 3. The van der Waals surface area contributed by atoms with Gasteiger partial charge in [0.15, 0.2) is 0 Å². The number of halogens is 3. The molecule has 0 fully saturated rings. The van der Waals surface area contributed by atoms with Gasteiger partial charge in [-0.25, -0.2) is 0 Å². The number of carbonyl (C=O) groups excluding carboxylic acids is 1. The molecule has 0 bridgehead atoms. The predicted molar refractivity (Wildman–Crippen MR) is 66.5 cm³/mol. The van der Waals surface area contributed by atoms with Crippen molar-refractivity contribution in [3.63, 3.8) is 0 Å².